The third kappa shape index (κ3) is 4.36. The molecule has 4 nitrogen and oxygen atoms in total. The summed E-state index contributed by atoms with van der Waals surface area (Å²) in [6, 6.07) is 8.64. The lowest BCUT2D eigenvalue weighted by Gasteiger charge is -2.13. The van der Waals surface area contributed by atoms with Gasteiger partial charge in [-0.3, -0.25) is 0 Å². The van der Waals surface area contributed by atoms with Gasteiger partial charge in [-0.25, -0.2) is 4.98 Å². The minimum Gasteiger partial charge on any atom is -0.475 e. The Morgan fingerprint density at radius 3 is 2.55 bits per heavy atom. The molecule has 0 amide bonds. The predicted molar refractivity (Wildman–Crippen MR) is 75.6 cm³/mol. The maximum absolute atomic E-state index is 12.9. The number of rotatable bonds is 6. The Balaban J connectivity index is 2.01. The van der Waals surface area contributed by atoms with Crippen LogP contribution in [0.1, 0.15) is 11.1 Å². The van der Waals surface area contributed by atoms with Gasteiger partial charge in [-0.1, -0.05) is 18.2 Å². The number of aliphatic hydroxyl groups excluding tert-OH is 1. The molecule has 1 aromatic heterocycles. The van der Waals surface area contributed by atoms with Crippen LogP contribution in [0.5, 0.6) is 5.88 Å². The highest BCUT2D eigenvalue weighted by Crippen LogP contribution is 2.32. The highest BCUT2D eigenvalue weighted by atomic mass is 19.4. The zero-order chi connectivity index (χ0) is 16.0. The Hall–Kier alpha value is -2.28. The number of aromatic nitrogens is 1. The van der Waals surface area contributed by atoms with E-state index in [0.29, 0.717) is 11.6 Å². The summed E-state index contributed by atoms with van der Waals surface area (Å²) in [7, 11) is 0. The van der Waals surface area contributed by atoms with E-state index in [0.717, 1.165) is 6.07 Å². The molecule has 2 N–H and O–H groups in total. The molecule has 2 rings (SSSR count). The van der Waals surface area contributed by atoms with Gasteiger partial charge in [-0.05, 0) is 17.7 Å². The Morgan fingerprint density at radius 1 is 1.14 bits per heavy atom. The van der Waals surface area contributed by atoms with Crippen molar-refractivity contribution in [1.29, 1.82) is 0 Å². The fraction of sp³-hybridized carbons (Fsp3) is 0.267. The average Bonchev–Trinajstić information content (AvgIpc) is 2.51. The van der Waals surface area contributed by atoms with Gasteiger partial charge in [0.05, 0.1) is 24.1 Å². The van der Waals surface area contributed by atoms with Crippen molar-refractivity contribution in [2.75, 3.05) is 18.5 Å². The number of halogens is 3. The lowest BCUT2D eigenvalue weighted by atomic mass is 10.1. The highest BCUT2D eigenvalue weighted by Gasteiger charge is 2.32. The van der Waals surface area contributed by atoms with Gasteiger partial charge in [0.2, 0.25) is 5.88 Å². The minimum absolute atomic E-state index is 0.0359. The summed E-state index contributed by atoms with van der Waals surface area (Å²) in [5, 5.41) is 11.5. The summed E-state index contributed by atoms with van der Waals surface area (Å²) in [6.07, 6.45) is -2.92. The summed E-state index contributed by atoms with van der Waals surface area (Å²) < 4.78 is 43.7. The SMILES string of the molecule is OCCOc1ccc(NCc2ccccc2C(F)(F)F)cn1. The Kier molecular flexibility index (Phi) is 5.21. The number of alkyl halides is 3. The van der Waals surface area contributed by atoms with E-state index in [2.05, 4.69) is 10.3 Å². The van der Waals surface area contributed by atoms with Crippen LogP contribution < -0.4 is 10.1 Å². The molecule has 0 saturated heterocycles. The van der Waals surface area contributed by atoms with Crippen molar-refractivity contribution in [1.82, 2.24) is 4.98 Å². The Morgan fingerprint density at radius 2 is 1.91 bits per heavy atom. The second-order valence-electron chi connectivity index (χ2n) is 4.47. The van der Waals surface area contributed by atoms with Gasteiger partial charge in [-0.15, -0.1) is 0 Å². The molecule has 1 aromatic carbocycles. The maximum atomic E-state index is 12.9. The van der Waals surface area contributed by atoms with Crippen molar-refractivity contribution in [2.45, 2.75) is 12.7 Å². The van der Waals surface area contributed by atoms with Gasteiger partial charge >= 0.3 is 6.18 Å². The van der Waals surface area contributed by atoms with Crippen LogP contribution in [0.3, 0.4) is 0 Å². The first-order valence-electron chi connectivity index (χ1n) is 6.59. The van der Waals surface area contributed by atoms with E-state index in [9.17, 15) is 13.2 Å². The molecule has 0 atom stereocenters. The van der Waals surface area contributed by atoms with Crippen LogP contribution in [-0.2, 0) is 12.7 Å². The largest absolute Gasteiger partial charge is 0.475 e. The second-order valence-corrected chi connectivity index (χ2v) is 4.47. The summed E-state index contributed by atoms with van der Waals surface area (Å²) >= 11 is 0. The van der Waals surface area contributed by atoms with Gasteiger partial charge in [0.25, 0.3) is 0 Å². The molecule has 0 aliphatic heterocycles. The molecule has 0 fully saturated rings. The van der Waals surface area contributed by atoms with Crippen LogP contribution >= 0.6 is 0 Å². The minimum atomic E-state index is -4.38. The van der Waals surface area contributed by atoms with Crippen molar-refractivity contribution in [2.24, 2.45) is 0 Å². The summed E-state index contributed by atoms with van der Waals surface area (Å²) in [5.74, 6) is 0.343. The normalized spacial score (nSPS) is 11.3. The van der Waals surface area contributed by atoms with Crippen LogP contribution in [0.15, 0.2) is 42.6 Å². The third-order valence-corrected chi connectivity index (χ3v) is 2.88. The summed E-state index contributed by atoms with van der Waals surface area (Å²) in [5.41, 5.74) is 0.0855. The molecular weight excluding hydrogens is 297 g/mol. The first kappa shape index (κ1) is 16.1. The number of ether oxygens (including phenoxy) is 1. The van der Waals surface area contributed by atoms with Crippen LogP contribution in [0.4, 0.5) is 18.9 Å². The van der Waals surface area contributed by atoms with Crippen LogP contribution in [0.25, 0.3) is 0 Å². The van der Waals surface area contributed by atoms with Crippen LogP contribution in [0.2, 0.25) is 0 Å². The van der Waals surface area contributed by atoms with Gasteiger partial charge < -0.3 is 15.2 Å². The van der Waals surface area contributed by atoms with Crippen LogP contribution in [0, 0.1) is 0 Å². The van der Waals surface area contributed by atoms with E-state index in [1.54, 1.807) is 18.2 Å². The lowest BCUT2D eigenvalue weighted by molar-refractivity contribution is -0.138. The second kappa shape index (κ2) is 7.13. The zero-order valence-corrected chi connectivity index (χ0v) is 11.6. The van der Waals surface area contributed by atoms with Crippen LogP contribution in [-0.4, -0.2) is 23.3 Å². The quantitative estimate of drug-likeness (QED) is 0.861. The molecule has 0 aliphatic carbocycles. The van der Waals surface area contributed by atoms with Gasteiger partial charge in [0.15, 0.2) is 0 Å². The molecule has 0 aliphatic rings. The monoisotopic (exact) mass is 312 g/mol. The molecule has 0 radical (unpaired) electrons. The van der Waals surface area contributed by atoms with E-state index in [4.69, 9.17) is 9.84 Å². The summed E-state index contributed by atoms with van der Waals surface area (Å²) in [4.78, 5) is 3.98. The number of benzene rings is 1. The molecule has 0 bridgehead atoms. The number of aliphatic hydroxyl groups is 1. The number of pyridine rings is 1. The molecule has 0 spiro atoms. The molecule has 1 heterocycles. The van der Waals surface area contributed by atoms with Crippen molar-refractivity contribution < 1.29 is 23.0 Å². The smallest absolute Gasteiger partial charge is 0.416 e. The number of hydrogen-bond donors (Lipinski definition) is 2. The number of nitrogens with zero attached hydrogens (tertiary/aromatic N) is 1. The van der Waals surface area contributed by atoms with E-state index < -0.39 is 11.7 Å². The highest BCUT2D eigenvalue weighted by molar-refractivity contribution is 5.43. The maximum Gasteiger partial charge on any atom is 0.416 e. The number of nitrogens with one attached hydrogen (secondary N) is 1. The molecule has 7 heteroatoms. The Bertz CT molecular complexity index is 600. The van der Waals surface area contributed by atoms with Gasteiger partial charge in [0, 0.05) is 12.6 Å². The van der Waals surface area contributed by atoms with Crippen molar-refractivity contribution in [3.05, 3.63) is 53.7 Å². The Labute approximate surface area is 125 Å². The lowest BCUT2D eigenvalue weighted by Crippen LogP contribution is -2.11. The first-order valence-corrected chi connectivity index (χ1v) is 6.59. The molecule has 2 aromatic rings. The standard InChI is InChI=1S/C15H15F3N2O2/c16-15(17,18)13-4-2-1-3-11(13)9-19-12-5-6-14(20-10-12)22-8-7-21/h1-6,10,19,21H,7-9H2. The number of anilines is 1. The average molecular weight is 312 g/mol. The topological polar surface area (TPSA) is 54.4 Å². The van der Waals surface area contributed by atoms with E-state index in [-0.39, 0.29) is 25.3 Å². The molecular formula is C15H15F3N2O2. The molecule has 118 valence electrons. The fourth-order valence-corrected chi connectivity index (χ4v) is 1.87. The molecule has 22 heavy (non-hydrogen) atoms. The predicted octanol–water partition coefficient (Wildman–Crippen LogP) is 3.08. The van der Waals surface area contributed by atoms with Crippen molar-refractivity contribution >= 4 is 5.69 Å². The number of hydrogen-bond acceptors (Lipinski definition) is 4. The third-order valence-electron chi connectivity index (χ3n) is 2.88. The van der Waals surface area contributed by atoms with E-state index in [1.807, 2.05) is 0 Å². The van der Waals surface area contributed by atoms with Crippen molar-refractivity contribution in [3.63, 3.8) is 0 Å². The van der Waals surface area contributed by atoms with Crippen molar-refractivity contribution in [3.8, 4) is 5.88 Å². The summed E-state index contributed by atoms with van der Waals surface area (Å²) in [6.45, 7) is 0.0584. The molecule has 0 unspecified atom stereocenters. The van der Waals surface area contributed by atoms with Gasteiger partial charge in [-0.2, -0.15) is 13.2 Å². The van der Waals surface area contributed by atoms with Gasteiger partial charge in [0.1, 0.15) is 6.61 Å². The zero-order valence-electron chi connectivity index (χ0n) is 11.6. The fourth-order valence-electron chi connectivity index (χ4n) is 1.87. The molecule has 0 saturated carbocycles. The first-order chi connectivity index (χ1) is 10.5. The van der Waals surface area contributed by atoms with E-state index >= 15 is 0 Å². The van der Waals surface area contributed by atoms with E-state index in [1.165, 1.54) is 18.3 Å².